The second kappa shape index (κ2) is 10.3. The van der Waals surface area contributed by atoms with Crippen molar-refractivity contribution in [3.63, 3.8) is 0 Å². The minimum absolute atomic E-state index is 0.189. The molecular weight excluding hydrogens is 456 g/mol. The van der Waals surface area contributed by atoms with Gasteiger partial charge in [-0.25, -0.2) is 10.1 Å². The number of nitrogens with zero attached hydrogens (tertiary/aromatic N) is 7. The molecule has 0 fully saturated rings. The van der Waals surface area contributed by atoms with E-state index >= 15 is 0 Å². The molecule has 5 rings (SSSR count). The molecule has 0 bridgehead atoms. The average Bonchev–Trinajstić information content (AvgIpc) is 3.54. The van der Waals surface area contributed by atoms with E-state index in [1.807, 2.05) is 30.0 Å². The van der Waals surface area contributed by atoms with Crippen LogP contribution in [0.1, 0.15) is 30.4 Å². The fourth-order valence-electron chi connectivity index (χ4n) is 4.78. The van der Waals surface area contributed by atoms with E-state index in [1.165, 1.54) is 12.7 Å². The van der Waals surface area contributed by atoms with E-state index in [0.717, 1.165) is 53.5 Å². The lowest BCUT2D eigenvalue weighted by Gasteiger charge is -2.35. The molecule has 2 aromatic heterocycles. The summed E-state index contributed by atoms with van der Waals surface area (Å²) in [6.45, 7) is 7.51. The number of rotatable bonds is 8. The Morgan fingerprint density at radius 3 is 2.58 bits per heavy atom. The first-order valence-electron chi connectivity index (χ1n) is 12.1. The van der Waals surface area contributed by atoms with Gasteiger partial charge in [0.1, 0.15) is 12.4 Å². The summed E-state index contributed by atoms with van der Waals surface area (Å²) in [4.78, 5) is 21.3. The van der Waals surface area contributed by atoms with E-state index in [-0.39, 0.29) is 12.5 Å². The monoisotopic (exact) mass is 486 g/mol. The quantitative estimate of drug-likeness (QED) is 0.379. The van der Waals surface area contributed by atoms with Crippen molar-refractivity contribution in [3.8, 4) is 22.5 Å². The molecule has 1 aliphatic rings. The van der Waals surface area contributed by atoms with Crippen molar-refractivity contribution in [1.82, 2.24) is 35.1 Å². The largest absolute Gasteiger partial charge is 0.468 e. The number of methoxy groups -OCH3 is 1. The molecule has 186 valence electrons. The van der Waals surface area contributed by atoms with Gasteiger partial charge in [-0.3, -0.25) is 9.69 Å². The molecule has 1 N–H and O–H groups in total. The molecule has 2 aromatic carbocycles. The summed E-state index contributed by atoms with van der Waals surface area (Å²) in [6, 6.07) is 16.6. The molecule has 36 heavy (non-hydrogen) atoms. The van der Waals surface area contributed by atoms with E-state index in [2.05, 4.69) is 67.3 Å². The standard InChI is InChI=1S/C26H30N8O2/c1-4-13-32-15-23-26(33(17-32)16-24(35)36-3)27-18(2)34(23)14-19-9-11-20(12-10-19)21-7-5-6-8-22(21)25-28-30-31-29-25/h5-12H,4,13-17H2,1-3H3,(H,28,29,30,31). The van der Waals surface area contributed by atoms with Gasteiger partial charge in [-0.15, -0.1) is 5.10 Å². The van der Waals surface area contributed by atoms with Crippen LogP contribution in [0.2, 0.25) is 0 Å². The highest BCUT2D eigenvalue weighted by molar-refractivity contribution is 5.80. The number of hydrogen-bond donors (Lipinski definition) is 1. The number of anilines is 1. The van der Waals surface area contributed by atoms with Crippen LogP contribution in [0.25, 0.3) is 22.5 Å². The third-order valence-electron chi connectivity index (χ3n) is 6.51. The van der Waals surface area contributed by atoms with Crippen molar-refractivity contribution in [3.05, 3.63) is 65.6 Å². The Balaban J connectivity index is 1.42. The molecule has 0 saturated carbocycles. The normalized spacial score (nSPS) is 13.6. The molecule has 0 spiro atoms. The summed E-state index contributed by atoms with van der Waals surface area (Å²) in [7, 11) is 1.42. The molecule has 0 saturated heterocycles. The SMILES string of the molecule is CCCN1Cc2c(nc(C)n2Cc2ccc(-c3ccccc3-c3nnn[nH]3)cc2)N(CC(=O)OC)C1. The zero-order valence-electron chi connectivity index (χ0n) is 20.8. The first-order chi connectivity index (χ1) is 17.6. The summed E-state index contributed by atoms with van der Waals surface area (Å²) >= 11 is 0. The number of imidazole rings is 1. The van der Waals surface area contributed by atoms with E-state index in [1.54, 1.807) is 0 Å². The van der Waals surface area contributed by atoms with Gasteiger partial charge in [0.2, 0.25) is 0 Å². The molecule has 0 unspecified atom stereocenters. The predicted octanol–water partition coefficient (Wildman–Crippen LogP) is 3.25. The van der Waals surface area contributed by atoms with Crippen molar-refractivity contribution in [2.45, 2.75) is 33.4 Å². The van der Waals surface area contributed by atoms with Crippen molar-refractivity contribution < 1.29 is 9.53 Å². The summed E-state index contributed by atoms with van der Waals surface area (Å²) in [6.07, 6.45) is 1.04. The molecule has 0 aliphatic carbocycles. The van der Waals surface area contributed by atoms with Crippen LogP contribution in [0.5, 0.6) is 0 Å². The Labute approximate surface area is 209 Å². The van der Waals surface area contributed by atoms with E-state index in [9.17, 15) is 4.79 Å². The van der Waals surface area contributed by atoms with Gasteiger partial charge in [0.05, 0.1) is 19.5 Å². The Hall–Kier alpha value is -4.05. The maximum atomic E-state index is 12.1. The van der Waals surface area contributed by atoms with E-state index in [4.69, 9.17) is 9.72 Å². The summed E-state index contributed by atoms with van der Waals surface area (Å²) < 4.78 is 7.18. The number of benzene rings is 2. The van der Waals surface area contributed by atoms with Crippen LogP contribution in [-0.4, -0.2) is 67.9 Å². The number of carbonyl (C=O) groups excluding carboxylic acids is 1. The highest BCUT2D eigenvalue weighted by atomic mass is 16.5. The zero-order valence-corrected chi connectivity index (χ0v) is 20.8. The lowest BCUT2D eigenvalue weighted by molar-refractivity contribution is -0.139. The van der Waals surface area contributed by atoms with Gasteiger partial charge in [0.25, 0.3) is 0 Å². The molecular formula is C26H30N8O2. The average molecular weight is 487 g/mol. The molecule has 10 heteroatoms. The first-order valence-corrected chi connectivity index (χ1v) is 12.1. The van der Waals surface area contributed by atoms with Crippen LogP contribution >= 0.6 is 0 Å². The Morgan fingerprint density at radius 1 is 1.11 bits per heavy atom. The molecule has 0 atom stereocenters. The van der Waals surface area contributed by atoms with Gasteiger partial charge in [0, 0.05) is 18.7 Å². The maximum absolute atomic E-state index is 12.1. The molecule has 4 aromatic rings. The molecule has 3 heterocycles. The van der Waals surface area contributed by atoms with Crippen LogP contribution in [0.15, 0.2) is 48.5 Å². The number of carbonyl (C=O) groups is 1. The first kappa shape index (κ1) is 23.7. The van der Waals surface area contributed by atoms with Gasteiger partial charge in [-0.2, -0.15) is 0 Å². The van der Waals surface area contributed by atoms with Gasteiger partial charge >= 0.3 is 5.97 Å². The third-order valence-corrected chi connectivity index (χ3v) is 6.51. The van der Waals surface area contributed by atoms with Crippen molar-refractivity contribution in [1.29, 1.82) is 0 Å². The molecule has 10 nitrogen and oxygen atoms in total. The Morgan fingerprint density at radius 2 is 1.89 bits per heavy atom. The number of hydrogen-bond acceptors (Lipinski definition) is 8. The summed E-state index contributed by atoms with van der Waals surface area (Å²) in [5.74, 6) is 2.18. The summed E-state index contributed by atoms with van der Waals surface area (Å²) in [5, 5.41) is 14.4. The van der Waals surface area contributed by atoms with Gasteiger partial charge in [-0.1, -0.05) is 55.5 Å². The van der Waals surface area contributed by atoms with Gasteiger partial charge in [0.15, 0.2) is 11.6 Å². The number of ether oxygens (including phenoxy) is 1. The number of esters is 1. The third kappa shape index (κ3) is 4.72. The zero-order chi connectivity index (χ0) is 25.1. The predicted molar refractivity (Wildman–Crippen MR) is 136 cm³/mol. The summed E-state index contributed by atoms with van der Waals surface area (Å²) in [5.41, 5.74) is 5.41. The van der Waals surface area contributed by atoms with E-state index < -0.39 is 0 Å². The minimum atomic E-state index is -0.261. The highest BCUT2D eigenvalue weighted by Crippen LogP contribution is 2.31. The minimum Gasteiger partial charge on any atom is -0.468 e. The topological polar surface area (TPSA) is 105 Å². The number of tetrazole rings is 1. The fraction of sp³-hybridized carbons (Fsp3) is 0.346. The smallest absolute Gasteiger partial charge is 0.325 e. The number of aryl methyl sites for hydroxylation is 1. The van der Waals surface area contributed by atoms with Crippen molar-refractivity contribution >= 4 is 11.8 Å². The van der Waals surface area contributed by atoms with Crippen LogP contribution in [0, 0.1) is 6.92 Å². The number of aromatic amines is 1. The van der Waals surface area contributed by atoms with Crippen LogP contribution in [-0.2, 0) is 22.6 Å². The van der Waals surface area contributed by atoms with Crippen LogP contribution in [0.4, 0.5) is 5.82 Å². The molecule has 0 radical (unpaired) electrons. The number of fused-ring (bicyclic) bond motifs is 1. The van der Waals surface area contributed by atoms with Crippen LogP contribution < -0.4 is 4.90 Å². The van der Waals surface area contributed by atoms with Crippen molar-refractivity contribution in [2.75, 3.05) is 31.8 Å². The van der Waals surface area contributed by atoms with Gasteiger partial charge < -0.3 is 14.2 Å². The lowest BCUT2D eigenvalue weighted by atomic mass is 9.98. The highest BCUT2D eigenvalue weighted by Gasteiger charge is 2.29. The Bertz CT molecular complexity index is 1330. The van der Waals surface area contributed by atoms with Crippen molar-refractivity contribution in [2.24, 2.45) is 0 Å². The number of H-pyrrole nitrogens is 1. The fourth-order valence-corrected chi connectivity index (χ4v) is 4.78. The Kier molecular flexibility index (Phi) is 6.77. The second-order valence-corrected chi connectivity index (χ2v) is 8.98. The maximum Gasteiger partial charge on any atom is 0.325 e. The lowest BCUT2D eigenvalue weighted by Crippen LogP contribution is -2.45. The molecule has 0 amide bonds. The molecule has 1 aliphatic heterocycles. The number of nitrogens with one attached hydrogen (secondary N) is 1. The van der Waals surface area contributed by atoms with E-state index in [0.29, 0.717) is 19.0 Å². The van der Waals surface area contributed by atoms with Gasteiger partial charge in [-0.05, 0) is 47.0 Å². The van der Waals surface area contributed by atoms with Crippen LogP contribution in [0.3, 0.4) is 0 Å². The number of aromatic nitrogens is 6. The second-order valence-electron chi connectivity index (χ2n) is 8.98.